The van der Waals surface area contributed by atoms with E-state index in [1.54, 1.807) is 17.1 Å². The molecular formula is C19H16N4O2S. The van der Waals surface area contributed by atoms with E-state index < -0.39 is 0 Å². The Bertz CT molecular complexity index is 1060. The Labute approximate surface area is 154 Å². The largest absolute Gasteiger partial charge is 0.494 e. The molecule has 0 aliphatic heterocycles. The average molecular weight is 364 g/mol. The number of hydrogen-bond acceptors (Lipinski definition) is 5. The topological polar surface area (TPSA) is 69.0 Å². The third kappa shape index (κ3) is 3.29. The van der Waals surface area contributed by atoms with Gasteiger partial charge in [-0.3, -0.25) is 10.1 Å². The predicted octanol–water partition coefficient (Wildman–Crippen LogP) is 4.13. The smallest absolute Gasteiger partial charge is 0.260 e. The SMILES string of the molecule is CCOc1ccc2nc(NC(=O)c3cnn(-c4ccccc4)c3)sc2c1. The first-order valence-corrected chi connectivity index (χ1v) is 8.99. The number of rotatable bonds is 5. The van der Waals surface area contributed by atoms with Crippen LogP contribution in [0.4, 0.5) is 5.13 Å². The number of ether oxygens (including phenoxy) is 1. The fraction of sp³-hybridized carbons (Fsp3) is 0.105. The van der Waals surface area contributed by atoms with Gasteiger partial charge in [0, 0.05) is 6.20 Å². The Morgan fingerprint density at radius 1 is 1.23 bits per heavy atom. The fourth-order valence-corrected chi connectivity index (χ4v) is 3.44. The normalized spacial score (nSPS) is 10.8. The van der Waals surface area contributed by atoms with Crippen molar-refractivity contribution in [2.75, 3.05) is 11.9 Å². The van der Waals surface area contributed by atoms with E-state index in [1.165, 1.54) is 11.3 Å². The van der Waals surface area contributed by atoms with Gasteiger partial charge in [-0.25, -0.2) is 9.67 Å². The van der Waals surface area contributed by atoms with Crippen LogP contribution in [0.5, 0.6) is 5.75 Å². The zero-order valence-corrected chi connectivity index (χ0v) is 14.9. The first-order chi connectivity index (χ1) is 12.7. The second kappa shape index (κ2) is 6.97. The molecule has 6 nitrogen and oxygen atoms in total. The van der Waals surface area contributed by atoms with Gasteiger partial charge in [0.25, 0.3) is 5.91 Å². The molecule has 0 aliphatic rings. The second-order valence-electron chi connectivity index (χ2n) is 5.54. The number of hydrogen-bond donors (Lipinski definition) is 1. The standard InChI is InChI=1S/C19H16N4O2S/c1-2-25-15-8-9-16-17(10-15)26-19(21-16)22-18(24)13-11-20-23(12-13)14-6-4-3-5-7-14/h3-12H,2H2,1H3,(H,21,22,24). The summed E-state index contributed by atoms with van der Waals surface area (Å²) < 4.78 is 8.13. The molecule has 0 unspecified atom stereocenters. The Balaban J connectivity index is 1.53. The molecule has 2 heterocycles. The van der Waals surface area contributed by atoms with Crippen LogP contribution < -0.4 is 10.1 Å². The Hall–Kier alpha value is -3.19. The van der Waals surface area contributed by atoms with Crippen molar-refractivity contribution in [3.8, 4) is 11.4 Å². The summed E-state index contributed by atoms with van der Waals surface area (Å²) in [5, 5.41) is 7.63. The minimum atomic E-state index is -0.240. The van der Waals surface area contributed by atoms with Gasteiger partial charge < -0.3 is 4.74 Å². The van der Waals surface area contributed by atoms with E-state index in [1.807, 2.05) is 55.5 Å². The first-order valence-electron chi connectivity index (χ1n) is 8.18. The number of benzene rings is 2. The molecule has 0 radical (unpaired) electrons. The molecule has 0 bridgehead atoms. The molecule has 2 aromatic carbocycles. The summed E-state index contributed by atoms with van der Waals surface area (Å²) in [6, 6.07) is 15.3. The lowest BCUT2D eigenvalue weighted by molar-refractivity contribution is 0.102. The van der Waals surface area contributed by atoms with Gasteiger partial charge in [0.2, 0.25) is 0 Å². The molecule has 0 spiro atoms. The number of amides is 1. The lowest BCUT2D eigenvalue weighted by Crippen LogP contribution is -2.10. The minimum absolute atomic E-state index is 0.240. The van der Waals surface area contributed by atoms with Crippen LogP contribution >= 0.6 is 11.3 Å². The third-order valence-electron chi connectivity index (χ3n) is 3.76. The highest BCUT2D eigenvalue weighted by Gasteiger charge is 2.13. The molecule has 130 valence electrons. The van der Waals surface area contributed by atoms with E-state index in [0.717, 1.165) is 21.7 Å². The van der Waals surface area contributed by atoms with E-state index in [2.05, 4.69) is 15.4 Å². The quantitative estimate of drug-likeness (QED) is 0.578. The van der Waals surface area contributed by atoms with E-state index in [4.69, 9.17) is 4.74 Å². The summed E-state index contributed by atoms with van der Waals surface area (Å²) >= 11 is 1.41. The van der Waals surface area contributed by atoms with Crippen LogP contribution in [0.2, 0.25) is 0 Å². The highest BCUT2D eigenvalue weighted by atomic mass is 32.1. The molecule has 0 saturated carbocycles. The number of anilines is 1. The highest BCUT2D eigenvalue weighted by molar-refractivity contribution is 7.22. The monoisotopic (exact) mass is 364 g/mol. The van der Waals surface area contributed by atoms with E-state index in [9.17, 15) is 4.79 Å². The number of para-hydroxylation sites is 1. The van der Waals surface area contributed by atoms with Crippen LogP contribution in [-0.2, 0) is 0 Å². The zero-order chi connectivity index (χ0) is 17.9. The number of nitrogens with one attached hydrogen (secondary N) is 1. The maximum atomic E-state index is 12.5. The molecule has 26 heavy (non-hydrogen) atoms. The lowest BCUT2D eigenvalue weighted by atomic mass is 10.3. The summed E-state index contributed by atoms with van der Waals surface area (Å²) in [6.07, 6.45) is 3.24. The van der Waals surface area contributed by atoms with Crippen LogP contribution in [0, 0.1) is 0 Å². The fourth-order valence-electron chi connectivity index (χ4n) is 2.55. The van der Waals surface area contributed by atoms with Crippen molar-refractivity contribution in [1.29, 1.82) is 0 Å². The zero-order valence-electron chi connectivity index (χ0n) is 14.0. The molecule has 2 aromatic heterocycles. The minimum Gasteiger partial charge on any atom is -0.494 e. The van der Waals surface area contributed by atoms with Gasteiger partial charge in [-0.2, -0.15) is 5.10 Å². The van der Waals surface area contributed by atoms with Gasteiger partial charge in [0.1, 0.15) is 5.75 Å². The summed E-state index contributed by atoms with van der Waals surface area (Å²) in [6.45, 7) is 2.55. The van der Waals surface area contributed by atoms with Crippen molar-refractivity contribution in [3.05, 3.63) is 66.5 Å². The molecule has 0 saturated heterocycles. The number of carbonyl (C=O) groups excluding carboxylic acids is 1. The molecule has 4 rings (SSSR count). The van der Waals surface area contributed by atoms with Crippen LogP contribution in [0.1, 0.15) is 17.3 Å². The maximum Gasteiger partial charge on any atom is 0.260 e. The highest BCUT2D eigenvalue weighted by Crippen LogP contribution is 2.29. The molecule has 0 fully saturated rings. The molecule has 1 amide bonds. The van der Waals surface area contributed by atoms with Crippen molar-refractivity contribution in [2.24, 2.45) is 0 Å². The average Bonchev–Trinajstić information content (AvgIpc) is 3.29. The molecule has 7 heteroatoms. The van der Waals surface area contributed by atoms with Crippen molar-refractivity contribution >= 4 is 32.6 Å². The number of thiazole rings is 1. The van der Waals surface area contributed by atoms with E-state index in [0.29, 0.717) is 17.3 Å². The van der Waals surface area contributed by atoms with Gasteiger partial charge in [-0.15, -0.1) is 0 Å². The van der Waals surface area contributed by atoms with Crippen molar-refractivity contribution in [2.45, 2.75) is 6.92 Å². The van der Waals surface area contributed by atoms with Crippen molar-refractivity contribution in [1.82, 2.24) is 14.8 Å². The molecule has 4 aromatic rings. The van der Waals surface area contributed by atoms with Crippen LogP contribution in [0.3, 0.4) is 0 Å². The van der Waals surface area contributed by atoms with Gasteiger partial charge in [-0.05, 0) is 37.3 Å². The van der Waals surface area contributed by atoms with Crippen LogP contribution in [0.25, 0.3) is 15.9 Å². The van der Waals surface area contributed by atoms with Gasteiger partial charge in [0.15, 0.2) is 5.13 Å². The lowest BCUT2D eigenvalue weighted by Gasteiger charge is -2.00. The Kier molecular flexibility index (Phi) is 4.37. The molecule has 0 aliphatic carbocycles. The van der Waals surface area contributed by atoms with Gasteiger partial charge in [0.05, 0.1) is 34.3 Å². The summed E-state index contributed by atoms with van der Waals surface area (Å²) in [5.74, 6) is 0.557. The summed E-state index contributed by atoms with van der Waals surface area (Å²) in [7, 11) is 0. The summed E-state index contributed by atoms with van der Waals surface area (Å²) in [5.41, 5.74) is 2.20. The molecule has 1 N–H and O–H groups in total. The predicted molar refractivity (Wildman–Crippen MR) is 102 cm³/mol. The maximum absolute atomic E-state index is 12.5. The third-order valence-corrected chi connectivity index (χ3v) is 4.69. The number of nitrogens with zero attached hydrogens (tertiary/aromatic N) is 3. The number of aromatic nitrogens is 3. The number of carbonyl (C=O) groups is 1. The van der Waals surface area contributed by atoms with E-state index in [-0.39, 0.29) is 5.91 Å². The number of fused-ring (bicyclic) bond motifs is 1. The first kappa shape index (κ1) is 16.3. The Morgan fingerprint density at radius 3 is 2.88 bits per heavy atom. The second-order valence-corrected chi connectivity index (χ2v) is 6.58. The van der Waals surface area contributed by atoms with Gasteiger partial charge in [-0.1, -0.05) is 29.5 Å². The summed E-state index contributed by atoms with van der Waals surface area (Å²) in [4.78, 5) is 16.9. The van der Waals surface area contributed by atoms with Crippen LogP contribution in [0.15, 0.2) is 60.9 Å². The molecule has 0 atom stereocenters. The van der Waals surface area contributed by atoms with Crippen LogP contribution in [-0.4, -0.2) is 27.3 Å². The van der Waals surface area contributed by atoms with Crippen molar-refractivity contribution in [3.63, 3.8) is 0 Å². The molecular weight excluding hydrogens is 348 g/mol. The van der Waals surface area contributed by atoms with E-state index >= 15 is 0 Å². The van der Waals surface area contributed by atoms with Gasteiger partial charge >= 0.3 is 0 Å². The van der Waals surface area contributed by atoms with Crippen molar-refractivity contribution < 1.29 is 9.53 Å². The Morgan fingerprint density at radius 2 is 2.08 bits per heavy atom.